The van der Waals surface area contributed by atoms with Crippen molar-refractivity contribution >= 4 is 43.0 Å². The summed E-state index contributed by atoms with van der Waals surface area (Å²) in [5, 5.41) is 13.4. The summed E-state index contributed by atoms with van der Waals surface area (Å²) in [4.78, 5) is 3.41. The second-order valence-electron chi connectivity index (χ2n) is 6.13. The average Bonchev–Trinajstić information content (AvgIpc) is 3.08. The van der Waals surface area contributed by atoms with E-state index in [1.807, 2.05) is 0 Å². The van der Waals surface area contributed by atoms with E-state index in [0.717, 1.165) is 23.0 Å². The molecule has 0 atom stereocenters. The molecule has 0 bridgehead atoms. The van der Waals surface area contributed by atoms with Gasteiger partial charge in [0.05, 0.1) is 10.4 Å². The van der Waals surface area contributed by atoms with Gasteiger partial charge in [-0.2, -0.15) is 0 Å². The third kappa shape index (κ3) is 3.62. The molecule has 3 N–H and O–H groups in total. The van der Waals surface area contributed by atoms with Gasteiger partial charge in [0.25, 0.3) is 6.43 Å². The molecule has 0 spiro atoms. The van der Waals surface area contributed by atoms with E-state index in [9.17, 15) is 21.6 Å². The highest BCUT2D eigenvalue weighted by Crippen LogP contribution is 2.36. The van der Waals surface area contributed by atoms with Crippen LogP contribution in [0.15, 0.2) is 23.4 Å². The normalized spacial score (nSPS) is 16.2. The van der Waals surface area contributed by atoms with Gasteiger partial charge in [-0.25, -0.2) is 31.3 Å². The summed E-state index contributed by atoms with van der Waals surface area (Å²) in [7, 11) is -4.00. The monoisotopic (exact) mass is 407 g/mol. The zero-order valence-electron chi connectivity index (χ0n) is 13.4. The fourth-order valence-corrected chi connectivity index (χ4v) is 4.27. The lowest BCUT2D eigenvalue weighted by Crippen LogP contribution is -2.34. The first-order chi connectivity index (χ1) is 12.0. The molecule has 0 aliphatic heterocycles. The van der Waals surface area contributed by atoms with Crippen LogP contribution < -0.4 is 4.72 Å². The standard InChI is InChI=1S/C14H14F3N5O2S2.H2/c1-14(2-3-14)21-26(23,24)7-4-8(15)10-9(5-7)22(6-20-10)13(19)25-12(18)11(16)17;/h4-6,11,18-19,21H,2-3H2,1H3;1H. The number of halogens is 3. The predicted octanol–water partition coefficient (Wildman–Crippen LogP) is 3.01. The van der Waals surface area contributed by atoms with Gasteiger partial charge in [-0.15, -0.1) is 0 Å². The number of thioether (sulfide) groups is 1. The third-order valence-corrected chi connectivity index (χ3v) is 6.30. The maximum absolute atomic E-state index is 14.3. The first-order valence-electron chi connectivity index (χ1n) is 7.36. The molecule has 1 fully saturated rings. The third-order valence-electron chi connectivity index (χ3n) is 3.89. The maximum Gasteiger partial charge on any atom is 0.286 e. The molecule has 0 radical (unpaired) electrons. The average molecular weight is 407 g/mol. The summed E-state index contributed by atoms with van der Waals surface area (Å²) in [6.07, 6.45) is -0.683. The molecular formula is C14H16F3N5O2S2. The molecule has 1 aliphatic rings. The van der Waals surface area contributed by atoms with Crippen LogP contribution in [0.25, 0.3) is 11.0 Å². The number of nitrogens with zero attached hydrogens (tertiary/aromatic N) is 2. The van der Waals surface area contributed by atoms with Crippen molar-refractivity contribution in [2.45, 2.75) is 36.6 Å². The van der Waals surface area contributed by atoms with Gasteiger partial charge in [0.15, 0.2) is 11.0 Å². The number of rotatable bonds is 4. The van der Waals surface area contributed by atoms with E-state index in [2.05, 4.69) is 9.71 Å². The van der Waals surface area contributed by atoms with Gasteiger partial charge in [0.2, 0.25) is 10.0 Å². The molecule has 0 unspecified atom stereocenters. The van der Waals surface area contributed by atoms with Crippen LogP contribution in [0, 0.1) is 16.6 Å². The van der Waals surface area contributed by atoms with Gasteiger partial charge < -0.3 is 0 Å². The summed E-state index contributed by atoms with van der Waals surface area (Å²) < 4.78 is 67.6. The molecule has 1 heterocycles. The molecule has 12 heteroatoms. The Morgan fingerprint density at radius 2 is 2.08 bits per heavy atom. The topological polar surface area (TPSA) is 112 Å². The quantitative estimate of drug-likeness (QED) is 0.534. The Balaban J connectivity index is 0.00000261. The first-order valence-corrected chi connectivity index (χ1v) is 9.66. The minimum Gasteiger partial charge on any atom is -0.293 e. The summed E-state index contributed by atoms with van der Waals surface area (Å²) in [6, 6.07) is 1.95. The SMILES string of the molecule is CC1(NS(=O)(=O)c2cc(F)c3ncn(C(=N)SC(=N)C(F)F)c3c2)CC1.[HH]. The van der Waals surface area contributed by atoms with E-state index in [0.29, 0.717) is 12.8 Å². The number of sulfonamides is 1. The fraction of sp³-hybridized carbons (Fsp3) is 0.357. The number of imidazole rings is 1. The fourth-order valence-electron chi connectivity index (χ4n) is 2.24. The predicted molar refractivity (Wildman–Crippen MR) is 94.2 cm³/mol. The van der Waals surface area contributed by atoms with Crippen molar-refractivity contribution in [2.75, 3.05) is 0 Å². The van der Waals surface area contributed by atoms with Crippen molar-refractivity contribution < 1.29 is 23.0 Å². The van der Waals surface area contributed by atoms with Crippen molar-refractivity contribution in [2.24, 2.45) is 0 Å². The van der Waals surface area contributed by atoms with Gasteiger partial charge in [0.1, 0.15) is 16.9 Å². The van der Waals surface area contributed by atoms with E-state index < -0.39 is 38.0 Å². The van der Waals surface area contributed by atoms with Crippen molar-refractivity contribution in [3.8, 4) is 0 Å². The number of nitrogens with one attached hydrogen (secondary N) is 3. The minimum absolute atomic E-state index is 0. The van der Waals surface area contributed by atoms with E-state index >= 15 is 0 Å². The molecule has 142 valence electrons. The van der Waals surface area contributed by atoms with Crippen LogP contribution in [0.5, 0.6) is 0 Å². The summed E-state index contributed by atoms with van der Waals surface area (Å²) in [5.41, 5.74) is -0.819. The molecule has 26 heavy (non-hydrogen) atoms. The first kappa shape index (κ1) is 18.9. The zero-order chi connectivity index (χ0) is 19.3. The van der Waals surface area contributed by atoms with Crippen molar-refractivity contribution in [1.29, 1.82) is 10.8 Å². The minimum atomic E-state index is -4.00. The van der Waals surface area contributed by atoms with Crippen LogP contribution in [0.2, 0.25) is 0 Å². The second-order valence-corrected chi connectivity index (χ2v) is 8.84. The van der Waals surface area contributed by atoms with Crippen molar-refractivity contribution in [3.05, 3.63) is 24.3 Å². The number of aromatic nitrogens is 2. The molecular weight excluding hydrogens is 391 g/mol. The van der Waals surface area contributed by atoms with Crippen LogP contribution in [-0.2, 0) is 10.0 Å². The van der Waals surface area contributed by atoms with Crippen molar-refractivity contribution in [3.63, 3.8) is 0 Å². The molecule has 0 amide bonds. The lowest BCUT2D eigenvalue weighted by atomic mass is 10.3. The molecule has 1 aromatic heterocycles. The van der Waals surface area contributed by atoms with E-state index in [4.69, 9.17) is 10.8 Å². The number of fused-ring (bicyclic) bond motifs is 1. The number of benzene rings is 1. The zero-order valence-corrected chi connectivity index (χ0v) is 15.0. The van der Waals surface area contributed by atoms with Gasteiger partial charge in [-0.05, 0) is 43.7 Å². The molecule has 1 aliphatic carbocycles. The highest BCUT2D eigenvalue weighted by molar-refractivity contribution is 8.26. The van der Waals surface area contributed by atoms with E-state index in [1.54, 1.807) is 6.92 Å². The van der Waals surface area contributed by atoms with Crippen molar-refractivity contribution in [1.82, 2.24) is 14.3 Å². The van der Waals surface area contributed by atoms with Gasteiger partial charge in [0, 0.05) is 6.97 Å². The van der Waals surface area contributed by atoms with Crippen LogP contribution in [-0.4, -0.2) is 40.1 Å². The number of alkyl halides is 2. The van der Waals surface area contributed by atoms with Crippen LogP contribution in [0.3, 0.4) is 0 Å². The Kier molecular flexibility index (Phi) is 4.61. The Morgan fingerprint density at radius 1 is 1.42 bits per heavy atom. The van der Waals surface area contributed by atoms with Crippen LogP contribution >= 0.6 is 11.8 Å². The van der Waals surface area contributed by atoms with Gasteiger partial charge in [-0.3, -0.25) is 15.4 Å². The largest absolute Gasteiger partial charge is 0.293 e. The Hall–Kier alpha value is -1.92. The number of hydrogen-bond donors (Lipinski definition) is 3. The smallest absolute Gasteiger partial charge is 0.286 e. The van der Waals surface area contributed by atoms with E-state index in [1.165, 1.54) is 0 Å². The molecule has 7 nitrogen and oxygen atoms in total. The Morgan fingerprint density at radius 3 is 2.65 bits per heavy atom. The molecule has 1 aromatic carbocycles. The molecule has 1 saturated carbocycles. The van der Waals surface area contributed by atoms with Gasteiger partial charge in [-0.1, -0.05) is 0 Å². The van der Waals surface area contributed by atoms with Gasteiger partial charge >= 0.3 is 0 Å². The van der Waals surface area contributed by atoms with Crippen LogP contribution in [0.1, 0.15) is 21.2 Å². The second kappa shape index (κ2) is 6.35. The molecule has 2 aromatic rings. The molecule has 0 saturated heterocycles. The number of hydrogen-bond acceptors (Lipinski definition) is 6. The summed E-state index contributed by atoms with van der Waals surface area (Å²) in [6.45, 7) is 1.73. The Bertz CT molecular complexity index is 1020. The Labute approximate surface area is 152 Å². The maximum atomic E-state index is 14.3. The summed E-state index contributed by atoms with van der Waals surface area (Å²) >= 11 is 0.172. The highest BCUT2D eigenvalue weighted by Gasteiger charge is 2.41. The molecule has 3 rings (SSSR count). The lowest BCUT2D eigenvalue weighted by Gasteiger charge is -2.13. The summed E-state index contributed by atoms with van der Waals surface area (Å²) in [5.74, 6) is -0.913. The lowest BCUT2D eigenvalue weighted by molar-refractivity contribution is 0.228. The van der Waals surface area contributed by atoms with Crippen LogP contribution in [0.4, 0.5) is 13.2 Å². The highest BCUT2D eigenvalue weighted by atomic mass is 32.2. The van der Waals surface area contributed by atoms with E-state index in [-0.39, 0.29) is 29.1 Å².